The van der Waals surface area contributed by atoms with Crippen LogP contribution in [-0.2, 0) is 4.79 Å². The van der Waals surface area contributed by atoms with Crippen molar-refractivity contribution in [3.05, 3.63) is 48.6 Å². The molecule has 3 nitrogen and oxygen atoms in total. The molecule has 0 saturated heterocycles. The van der Waals surface area contributed by atoms with Crippen LogP contribution in [0, 0.1) is 11.8 Å². The van der Waals surface area contributed by atoms with Crippen LogP contribution in [-0.4, -0.2) is 17.7 Å². The van der Waals surface area contributed by atoms with E-state index in [-0.39, 0.29) is 0 Å². The summed E-state index contributed by atoms with van der Waals surface area (Å²) in [5.41, 5.74) is 0.858. The van der Waals surface area contributed by atoms with Gasteiger partial charge in [0.25, 0.3) is 0 Å². The molecule has 3 heteroatoms. The zero-order valence-electron chi connectivity index (χ0n) is 12.2. The minimum absolute atomic E-state index is 0.632. The highest BCUT2D eigenvalue weighted by molar-refractivity contribution is 5.85. The summed E-state index contributed by atoms with van der Waals surface area (Å²) >= 11 is 0. The van der Waals surface area contributed by atoms with Gasteiger partial charge in [-0.05, 0) is 61.3 Å². The fourth-order valence-electron chi connectivity index (χ4n) is 2.65. The van der Waals surface area contributed by atoms with Gasteiger partial charge in [-0.15, -0.1) is 6.58 Å². The summed E-state index contributed by atoms with van der Waals surface area (Å²) in [6.07, 6.45) is 9.62. The molecule has 0 radical (unpaired) electrons. The fraction of sp³-hybridized carbons (Fsp3) is 0.389. The minimum atomic E-state index is -0.939. The molecule has 1 saturated carbocycles. The van der Waals surface area contributed by atoms with Gasteiger partial charge in [-0.3, -0.25) is 0 Å². The van der Waals surface area contributed by atoms with Gasteiger partial charge in [0.15, 0.2) is 0 Å². The lowest BCUT2D eigenvalue weighted by molar-refractivity contribution is -0.131. The molecule has 1 aliphatic rings. The van der Waals surface area contributed by atoms with Crippen molar-refractivity contribution in [3.63, 3.8) is 0 Å². The van der Waals surface area contributed by atoms with Crippen molar-refractivity contribution in [2.45, 2.75) is 25.7 Å². The maximum Gasteiger partial charge on any atom is 0.328 e. The number of aliphatic carboxylic acids is 1. The predicted octanol–water partition coefficient (Wildman–Crippen LogP) is 4.16. The highest BCUT2D eigenvalue weighted by Gasteiger charge is 2.19. The number of carboxylic acid groups (broad SMARTS) is 1. The first-order valence-electron chi connectivity index (χ1n) is 7.44. The van der Waals surface area contributed by atoms with Crippen molar-refractivity contribution in [3.8, 4) is 5.75 Å². The summed E-state index contributed by atoms with van der Waals surface area (Å²) in [4.78, 5) is 10.4. The molecular weight excluding hydrogens is 264 g/mol. The summed E-state index contributed by atoms with van der Waals surface area (Å²) < 4.78 is 5.83. The molecule has 21 heavy (non-hydrogen) atoms. The Hall–Kier alpha value is -2.03. The number of benzene rings is 1. The van der Waals surface area contributed by atoms with E-state index in [9.17, 15) is 4.79 Å². The Morgan fingerprint density at radius 1 is 1.24 bits per heavy atom. The molecule has 0 bridgehead atoms. The van der Waals surface area contributed by atoms with Crippen LogP contribution in [0.15, 0.2) is 43.0 Å². The Balaban J connectivity index is 1.79. The Morgan fingerprint density at radius 3 is 2.48 bits per heavy atom. The standard InChI is InChI=1S/C18H22O3/c1-2-14-3-5-16(6-4-14)13-21-17-10-7-15(8-11-17)9-12-18(19)20/h2,7-12,14,16H,1,3-6,13H2,(H,19,20)/b12-9+. The van der Waals surface area contributed by atoms with Crippen molar-refractivity contribution in [1.82, 2.24) is 0 Å². The second-order valence-electron chi connectivity index (χ2n) is 5.57. The normalized spacial score (nSPS) is 22.1. The van der Waals surface area contributed by atoms with Gasteiger partial charge in [0.2, 0.25) is 0 Å². The van der Waals surface area contributed by atoms with E-state index in [0.717, 1.165) is 24.0 Å². The summed E-state index contributed by atoms with van der Waals surface area (Å²) in [5.74, 6) is 1.22. The lowest BCUT2D eigenvalue weighted by Gasteiger charge is -2.26. The molecule has 0 unspecified atom stereocenters. The molecule has 1 fully saturated rings. The van der Waals surface area contributed by atoms with Crippen LogP contribution in [0.5, 0.6) is 5.75 Å². The van der Waals surface area contributed by atoms with Crippen LogP contribution in [0.25, 0.3) is 6.08 Å². The van der Waals surface area contributed by atoms with E-state index in [1.165, 1.54) is 25.7 Å². The van der Waals surface area contributed by atoms with Gasteiger partial charge >= 0.3 is 5.97 Å². The van der Waals surface area contributed by atoms with Crippen molar-refractivity contribution in [1.29, 1.82) is 0 Å². The number of ether oxygens (including phenoxy) is 1. The van der Waals surface area contributed by atoms with Crippen LogP contribution >= 0.6 is 0 Å². The summed E-state index contributed by atoms with van der Waals surface area (Å²) in [7, 11) is 0. The maximum atomic E-state index is 10.4. The van der Waals surface area contributed by atoms with Gasteiger partial charge in [-0.1, -0.05) is 18.2 Å². The Kier molecular flexibility index (Phi) is 5.61. The van der Waals surface area contributed by atoms with Gasteiger partial charge in [0.05, 0.1) is 6.61 Å². The average molecular weight is 286 g/mol. The van der Waals surface area contributed by atoms with Crippen molar-refractivity contribution in [2.75, 3.05) is 6.61 Å². The molecule has 1 aliphatic carbocycles. The number of hydrogen-bond donors (Lipinski definition) is 1. The van der Waals surface area contributed by atoms with E-state index in [0.29, 0.717) is 11.8 Å². The van der Waals surface area contributed by atoms with Crippen molar-refractivity contribution < 1.29 is 14.6 Å². The summed E-state index contributed by atoms with van der Waals surface area (Å²) in [5, 5.41) is 8.58. The zero-order valence-corrected chi connectivity index (χ0v) is 12.2. The third-order valence-electron chi connectivity index (χ3n) is 4.01. The lowest BCUT2D eigenvalue weighted by Crippen LogP contribution is -2.19. The minimum Gasteiger partial charge on any atom is -0.493 e. The molecule has 0 heterocycles. The monoisotopic (exact) mass is 286 g/mol. The second-order valence-corrected chi connectivity index (χ2v) is 5.57. The molecule has 0 aromatic heterocycles. The maximum absolute atomic E-state index is 10.4. The van der Waals surface area contributed by atoms with Crippen LogP contribution in [0.4, 0.5) is 0 Å². The topological polar surface area (TPSA) is 46.5 Å². The molecule has 1 aromatic rings. The highest BCUT2D eigenvalue weighted by Crippen LogP contribution is 2.29. The van der Waals surface area contributed by atoms with E-state index >= 15 is 0 Å². The van der Waals surface area contributed by atoms with E-state index in [1.807, 2.05) is 24.3 Å². The molecule has 112 valence electrons. The van der Waals surface area contributed by atoms with Crippen LogP contribution in [0.1, 0.15) is 31.2 Å². The van der Waals surface area contributed by atoms with E-state index in [4.69, 9.17) is 9.84 Å². The van der Waals surface area contributed by atoms with Gasteiger partial charge in [-0.25, -0.2) is 4.79 Å². The second kappa shape index (κ2) is 7.67. The molecule has 0 aliphatic heterocycles. The fourth-order valence-corrected chi connectivity index (χ4v) is 2.65. The molecular formula is C18H22O3. The van der Waals surface area contributed by atoms with Gasteiger partial charge in [0, 0.05) is 6.08 Å². The first-order chi connectivity index (χ1) is 10.2. The third-order valence-corrected chi connectivity index (χ3v) is 4.01. The van der Waals surface area contributed by atoms with Gasteiger partial charge in [0.1, 0.15) is 5.75 Å². The van der Waals surface area contributed by atoms with E-state index in [2.05, 4.69) is 12.7 Å². The summed E-state index contributed by atoms with van der Waals surface area (Å²) in [6, 6.07) is 7.50. The number of rotatable bonds is 6. The highest BCUT2D eigenvalue weighted by atomic mass is 16.5. The third kappa shape index (κ3) is 5.10. The van der Waals surface area contributed by atoms with E-state index < -0.39 is 5.97 Å². The summed E-state index contributed by atoms with van der Waals surface area (Å²) in [6.45, 7) is 4.62. The Morgan fingerprint density at radius 2 is 1.90 bits per heavy atom. The van der Waals surface area contributed by atoms with Crippen LogP contribution in [0.3, 0.4) is 0 Å². The number of allylic oxidation sites excluding steroid dienone is 1. The average Bonchev–Trinajstić information content (AvgIpc) is 2.52. The van der Waals surface area contributed by atoms with Crippen molar-refractivity contribution in [2.24, 2.45) is 11.8 Å². The molecule has 1 aromatic carbocycles. The van der Waals surface area contributed by atoms with Crippen LogP contribution in [0.2, 0.25) is 0 Å². The zero-order chi connectivity index (χ0) is 15.1. The lowest BCUT2D eigenvalue weighted by atomic mass is 9.82. The van der Waals surface area contributed by atoms with Gasteiger partial charge < -0.3 is 9.84 Å². The quantitative estimate of drug-likeness (QED) is 0.631. The predicted molar refractivity (Wildman–Crippen MR) is 84.3 cm³/mol. The Bertz CT molecular complexity index is 494. The smallest absolute Gasteiger partial charge is 0.328 e. The number of hydrogen-bond acceptors (Lipinski definition) is 2. The molecule has 1 N–H and O–H groups in total. The first kappa shape index (κ1) is 15.4. The largest absolute Gasteiger partial charge is 0.493 e. The van der Waals surface area contributed by atoms with Crippen molar-refractivity contribution >= 4 is 12.0 Å². The van der Waals surface area contributed by atoms with E-state index in [1.54, 1.807) is 6.08 Å². The number of carbonyl (C=O) groups is 1. The Labute approximate surface area is 125 Å². The SMILES string of the molecule is C=CC1CCC(COc2ccc(/C=C/C(=O)O)cc2)CC1. The first-order valence-corrected chi connectivity index (χ1v) is 7.44. The van der Waals surface area contributed by atoms with Gasteiger partial charge in [-0.2, -0.15) is 0 Å². The molecule has 0 spiro atoms. The molecule has 2 rings (SSSR count). The van der Waals surface area contributed by atoms with Crippen LogP contribution < -0.4 is 4.74 Å². The number of carboxylic acids is 1. The molecule has 0 amide bonds. The molecule has 0 atom stereocenters.